The van der Waals surface area contributed by atoms with E-state index in [4.69, 9.17) is 0 Å². The van der Waals surface area contributed by atoms with Gasteiger partial charge in [-0.25, -0.2) is 19.0 Å². The van der Waals surface area contributed by atoms with Gasteiger partial charge in [-0.3, -0.25) is 9.48 Å². The van der Waals surface area contributed by atoms with Gasteiger partial charge in [0.05, 0.1) is 41.4 Å². The van der Waals surface area contributed by atoms with Crippen molar-refractivity contribution < 1.29 is 9.18 Å². The molecule has 0 atom stereocenters. The highest BCUT2D eigenvalue weighted by Gasteiger charge is 2.11. The normalized spacial score (nSPS) is 11.6. The molecule has 44 heavy (non-hydrogen) atoms. The number of likely N-dealkylation sites (N-methyl/N-ethyl adjacent to an activating group) is 1. The number of anilines is 2. The molecule has 2 N–H and O–H groups in total. The number of halogens is 1. The first kappa shape index (κ1) is 28.6. The summed E-state index contributed by atoms with van der Waals surface area (Å²) in [6.45, 7) is 1.63. The number of carbonyl (C=O) groups is 1. The van der Waals surface area contributed by atoms with E-state index in [1.54, 1.807) is 23.0 Å². The fourth-order valence-corrected chi connectivity index (χ4v) is 4.80. The summed E-state index contributed by atoms with van der Waals surface area (Å²) in [5, 5.41) is 21.1. The van der Waals surface area contributed by atoms with Gasteiger partial charge in [-0.1, -0.05) is 23.4 Å². The molecule has 12 heteroatoms. The Kier molecular flexibility index (Phi) is 8.32. The van der Waals surface area contributed by atoms with Crippen LogP contribution < -0.4 is 10.6 Å². The Morgan fingerprint density at radius 3 is 2.84 bits per heavy atom. The topological polar surface area (TPSA) is 119 Å². The fraction of sp³-hybridized carbons (Fsp3) is 0.188. The number of fused-ring (bicyclic) bond motifs is 2. The van der Waals surface area contributed by atoms with Crippen LogP contribution >= 0.6 is 0 Å². The Labute approximate surface area is 253 Å². The first-order chi connectivity index (χ1) is 21.4. The summed E-state index contributed by atoms with van der Waals surface area (Å²) in [5.74, 6) is 0.249. The van der Waals surface area contributed by atoms with Crippen molar-refractivity contribution in [2.75, 3.05) is 32.5 Å². The van der Waals surface area contributed by atoms with Crippen molar-refractivity contribution in [3.05, 3.63) is 109 Å². The second kappa shape index (κ2) is 12.8. The number of hydrogen-bond acceptors (Lipinski definition) is 8. The predicted molar refractivity (Wildman–Crippen MR) is 167 cm³/mol. The van der Waals surface area contributed by atoms with Gasteiger partial charge in [0.25, 0.3) is 0 Å². The first-order valence-electron chi connectivity index (χ1n) is 14.1. The average molecular weight is 591 g/mol. The van der Waals surface area contributed by atoms with Crippen LogP contribution in [0, 0.1) is 5.82 Å². The zero-order chi connectivity index (χ0) is 30.5. The Hall–Kier alpha value is -5.49. The summed E-state index contributed by atoms with van der Waals surface area (Å²) in [5.41, 5.74) is 4.97. The van der Waals surface area contributed by atoms with Crippen LogP contribution in [0.2, 0.25) is 0 Å². The van der Waals surface area contributed by atoms with Gasteiger partial charge in [0.2, 0.25) is 5.91 Å². The molecule has 0 aliphatic heterocycles. The van der Waals surface area contributed by atoms with E-state index >= 15 is 0 Å². The predicted octanol–water partition coefficient (Wildman–Crippen LogP) is 4.27. The van der Waals surface area contributed by atoms with Crippen molar-refractivity contribution in [3.63, 3.8) is 0 Å². The van der Waals surface area contributed by atoms with E-state index in [9.17, 15) is 9.18 Å². The lowest BCUT2D eigenvalue weighted by Crippen LogP contribution is -2.24. The standard InChI is InChI=1S/C32H31FN10O/c1-41(2)14-4-7-31(44)34-13-12-26-20-42(40-39-26)27-9-10-29-28(17-27)32(36-21-35-29)38-25-8-11-30-23(16-25)18-37-43(30)19-22-5-3-6-24(33)15-22/h3-11,15-18,20-21H,12-14,19H2,1-2H3,(H,34,44)(H,35,36,38)/b7-4-. The van der Waals surface area contributed by atoms with Gasteiger partial charge < -0.3 is 15.5 Å². The largest absolute Gasteiger partial charge is 0.352 e. The number of hydrogen-bond donors (Lipinski definition) is 2. The van der Waals surface area contributed by atoms with Gasteiger partial charge >= 0.3 is 0 Å². The van der Waals surface area contributed by atoms with Crippen LogP contribution in [0.25, 0.3) is 27.5 Å². The Balaban J connectivity index is 1.15. The summed E-state index contributed by atoms with van der Waals surface area (Å²) in [6.07, 6.45) is 9.09. The Morgan fingerprint density at radius 2 is 1.98 bits per heavy atom. The molecule has 0 aliphatic rings. The maximum Gasteiger partial charge on any atom is 0.243 e. The van der Waals surface area contributed by atoms with Crippen LogP contribution in [0.15, 0.2) is 91.5 Å². The molecule has 0 radical (unpaired) electrons. The molecule has 0 spiro atoms. The van der Waals surface area contributed by atoms with Gasteiger partial charge in [-0.2, -0.15) is 5.10 Å². The van der Waals surface area contributed by atoms with Gasteiger partial charge in [0, 0.05) is 42.0 Å². The number of nitrogens with zero attached hydrogens (tertiary/aromatic N) is 8. The second-order valence-electron chi connectivity index (χ2n) is 10.6. The molecule has 3 aromatic carbocycles. The summed E-state index contributed by atoms with van der Waals surface area (Å²) >= 11 is 0. The lowest BCUT2D eigenvalue weighted by atomic mass is 10.2. The molecular weight excluding hydrogens is 559 g/mol. The van der Waals surface area contributed by atoms with Crippen LogP contribution in [-0.4, -0.2) is 72.7 Å². The Morgan fingerprint density at radius 1 is 1.07 bits per heavy atom. The molecule has 6 aromatic rings. The molecule has 0 saturated heterocycles. The van der Waals surface area contributed by atoms with Crippen molar-refractivity contribution >= 4 is 39.2 Å². The van der Waals surface area contributed by atoms with Crippen molar-refractivity contribution in [1.29, 1.82) is 0 Å². The van der Waals surface area contributed by atoms with Crippen molar-refractivity contribution in [1.82, 2.24) is 45.0 Å². The van der Waals surface area contributed by atoms with Gasteiger partial charge in [0.15, 0.2) is 0 Å². The maximum atomic E-state index is 13.6. The van der Waals surface area contributed by atoms with E-state index in [0.29, 0.717) is 31.9 Å². The maximum absolute atomic E-state index is 13.6. The molecule has 3 aromatic heterocycles. The zero-order valence-electron chi connectivity index (χ0n) is 24.4. The van der Waals surface area contributed by atoms with Crippen LogP contribution in [0.3, 0.4) is 0 Å². The van der Waals surface area contributed by atoms with Crippen LogP contribution in [-0.2, 0) is 17.8 Å². The second-order valence-corrected chi connectivity index (χ2v) is 10.6. The molecular formula is C32H31FN10O. The minimum Gasteiger partial charge on any atom is -0.352 e. The third-order valence-electron chi connectivity index (χ3n) is 6.97. The van der Waals surface area contributed by atoms with Crippen LogP contribution in [0.4, 0.5) is 15.9 Å². The van der Waals surface area contributed by atoms with Crippen LogP contribution in [0.5, 0.6) is 0 Å². The van der Waals surface area contributed by atoms with Crippen LogP contribution in [0.1, 0.15) is 11.3 Å². The molecule has 1 amide bonds. The minimum absolute atomic E-state index is 0.134. The van der Waals surface area contributed by atoms with Gasteiger partial charge in [-0.05, 0) is 68.2 Å². The SMILES string of the molecule is CN(C)C/C=C\C(=O)NCCc1cn(-c2ccc3ncnc(Nc4ccc5c(cnn5Cc5cccc(F)c5)c4)c3c2)nn1. The molecule has 0 bridgehead atoms. The van der Waals surface area contributed by atoms with Crippen molar-refractivity contribution in [3.8, 4) is 5.69 Å². The zero-order valence-corrected chi connectivity index (χ0v) is 24.4. The Bertz CT molecular complexity index is 1960. The van der Waals surface area contributed by atoms with E-state index in [0.717, 1.165) is 44.4 Å². The van der Waals surface area contributed by atoms with Gasteiger partial charge in [-0.15, -0.1) is 5.10 Å². The fourth-order valence-electron chi connectivity index (χ4n) is 4.80. The van der Waals surface area contributed by atoms with E-state index in [2.05, 4.69) is 36.0 Å². The highest BCUT2D eigenvalue weighted by molar-refractivity contribution is 5.93. The molecule has 0 saturated carbocycles. The number of carbonyl (C=O) groups excluding carboxylic acids is 1. The monoisotopic (exact) mass is 590 g/mol. The number of rotatable bonds is 11. The molecule has 6 rings (SSSR count). The van der Waals surface area contributed by atoms with Gasteiger partial charge in [0.1, 0.15) is 18.0 Å². The summed E-state index contributed by atoms with van der Waals surface area (Å²) in [4.78, 5) is 22.9. The smallest absolute Gasteiger partial charge is 0.243 e. The number of aromatic nitrogens is 7. The molecule has 0 unspecified atom stereocenters. The lowest BCUT2D eigenvalue weighted by Gasteiger charge is -2.10. The molecule has 11 nitrogen and oxygen atoms in total. The highest BCUT2D eigenvalue weighted by Crippen LogP contribution is 2.27. The third-order valence-corrected chi connectivity index (χ3v) is 6.97. The third kappa shape index (κ3) is 6.76. The van der Waals surface area contributed by atoms with E-state index in [1.165, 1.54) is 18.5 Å². The van der Waals surface area contributed by atoms with Crippen molar-refractivity contribution in [2.45, 2.75) is 13.0 Å². The summed E-state index contributed by atoms with van der Waals surface area (Å²) in [7, 11) is 3.89. The lowest BCUT2D eigenvalue weighted by molar-refractivity contribution is -0.116. The minimum atomic E-state index is -0.264. The van der Waals surface area contributed by atoms with Crippen molar-refractivity contribution in [2.24, 2.45) is 0 Å². The number of benzene rings is 3. The highest BCUT2D eigenvalue weighted by atomic mass is 19.1. The summed E-state index contributed by atoms with van der Waals surface area (Å²) in [6, 6.07) is 18.3. The first-order valence-corrected chi connectivity index (χ1v) is 14.1. The van der Waals surface area contributed by atoms with E-state index in [1.807, 2.05) is 78.4 Å². The average Bonchev–Trinajstić information content (AvgIpc) is 3.64. The quantitative estimate of drug-likeness (QED) is 0.215. The molecule has 0 aliphatic carbocycles. The summed E-state index contributed by atoms with van der Waals surface area (Å²) < 4.78 is 17.2. The van der Waals surface area contributed by atoms with E-state index < -0.39 is 0 Å². The molecule has 0 fully saturated rings. The van der Waals surface area contributed by atoms with E-state index in [-0.39, 0.29) is 11.7 Å². The molecule has 222 valence electrons. The molecule has 3 heterocycles. The number of nitrogens with one attached hydrogen (secondary N) is 2. The number of amides is 1.